The largest absolute Gasteiger partial charge is 0.382 e. The number of aliphatic hydroxyl groups is 1. The summed E-state index contributed by atoms with van der Waals surface area (Å²) in [5.41, 5.74) is 10.3. The highest BCUT2D eigenvalue weighted by molar-refractivity contribution is 7.99. The molecule has 1 rings (SSSR count). The Labute approximate surface area is 132 Å². The number of rotatable bonds is 6. The molecular formula is C13H18ClN3O3S. The van der Waals surface area contributed by atoms with Gasteiger partial charge in [-0.1, -0.05) is 24.6 Å². The molecule has 0 radical (unpaired) electrons. The molecule has 0 aliphatic carbocycles. The number of nitrogens with one attached hydrogen (secondary N) is 2. The number of aliphatic hydroxyl groups excluding tert-OH is 1. The molecule has 0 heterocycles. The van der Waals surface area contributed by atoms with Crippen LogP contribution < -0.4 is 16.6 Å². The summed E-state index contributed by atoms with van der Waals surface area (Å²) >= 11 is 7.28. The van der Waals surface area contributed by atoms with Gasteiger partial charge in [0.15, 0.2) is 0 Å². The third-order valence-electron chi connectivity index (χ3n) is 2.57. The Kier molecular flexibility index (Phi) is 7.52. The Morgan fingerprint density at radius 3 is 2.76 bits per heavy atom. The Hall–Kier alpha value is -1.28. The zero-order chi connectivity index (χ0) is 15.8. The van der Waals surface area contributed by atoms with E-state index in [1.54, 1.807) is 18.2 Å². The van der Waals surface area contributed by atoms with Gasteiger partial charge in [0.2, 0.25) is 0 Å². The van der Waals surface area contributed by atoms with Crippen molar-refractivity contribution in [2.75, 3.05) is 11.5 Å². The molecule has 0 aliphatic rings. The van der Waals surface area contributed by atoms with Crippen molar-refractivity contribution in [2.24, 2.45) is 5.73 Å². The molecule has 0 saturated carbocycles. The van der Waals surface area contributed by atoms with Gasteiger partial charge < -0.3 is 10.8 Å². The Balaban J connectivity index is 2.47. The Morgan fingerprint density at radius 2 is 2.14 bits per heavy atom. The summed E-state index contributed by atoms with van der Waals surface area (Å²) in [5, 5.41) is 10.1. The number of hydrogen-bond donors (Lipinski definition) is 4. The maximum absolute atomic E-state index is 11.8. The number of hydrogen-bond acceptors (Lipinski definition) is 5. The predicted molar refractivity (Wildman–Crippen MR) is 84.0 cm³/mol. The number of halogens is 1. The zero-order valence-corrected chi connectivity index (χ0v) is 13.1. The molecular weight excluding hydrogens is 314 g/mol. The second-order valence-corrected chi connectivity index (χ2v) is 5.98. The number of carbonyl (C=O) groups is 2. The molecule has 0 bridgehead atoms. The number of nitrogens with two attached hydrogens (primary N) is 1. The molecule has 0 aliphatic heterocycles. The Morgan fingerprint density at radius 1 is 1.43 bits per heavy atom. The maximum Gasteiger partial charge on any atom is 0.269 e. The summed E-state index contributed by atoms with van der Waals surface area (Å²) in [6, 6.07) is 5.56. The predicted octanol–water partition coefficient (Wildman–Crippen LogP) is 0.542. The molecule has 1 unspecified atom stereocenters. The van der Waals surface area contributed by atoms with Crippen LogP contribution in [0.15, 0.2) is 24.3 Å². The first-order valence-corrected chi connectivity index (χ1v) is 7.86. The molecule has 116 valence electrons. The van der Waals surface area contributed by atoms with Crippen molar-refractivity contribution >= 4 is 35.2 Å². The van der Waals surface area contributed by atoms with Crippen LogP contribution in [0, 0.1) is 0 Å². The fourth-order valence-electron chi connectivity index (χ4n) is 1.43. The molecule has 0 aromatic heterocycles. The lowest BCUT2D eigenvalue weighted by molar-refractivity contribution is -0.130. The number of benzene rings is 1. The average Bonchev–Trinajstić information content (AvgIpc) is 2.48. The van der Waals surface area contributed by atoms with E-state index in [9.17, 15) is 14.7 Å². The van der Waals surface area contributed by atoms with Crippen LogP contribution in [-0.4, -0.2) is 40.6 Å². The van der Waals surface area contributed by atoms with Gasteiger partial charge in [0, 0.05) is 22.4 Å². The summed E-state index contributed by atoms with van der Waals surface area (Å²) in [7, 11) is 0. The van der Waals surface area contributed by atoms with Gasteiger partial charge >= 0.3 is 0 Å². The molecule has 0 fully saturated rings. The third-order valence-corrected chi connectivity index (χ3v) is 3.84. The molecule has 0 spiro atoms. The van der Waals surface area contributed by atoms with E-state index in [0.717, 1.165) is 5.75 Å². The molecule has 6 nitrogen and oxygen atoms in total. The van der Waals surface area contributed by atoms with Crippen LogP contribution in [0.25, 0.3) is 0 Å². The van der Waals surface area contributed by atoms with E-state index in [1.807, 2.05) is 6.92 Å². The van der Waals surface area contributed by atoms with Crippen LogP contribution in [0.3, 0.4) is 0 Å². The van der Waals surface area contributed by atoms with E-state index in [2.05, 4.69) is 10.9 Å². The number of hydrazine groups is 1. The molecule has 1 aromatic rings. The summed E-state index contributed by atoms with van der Waals surface area (Å²) in [6.07, 6.45) is -1.39. The van der Waals surface area contributed by atoms with Crippen molar-refractivity contribution in [3.63, 3.8) is 0 Å². The first-order valence-electron chi connectivity index (χ1n) is 6.32. The van der Waals surface area contributed by atoms with Crippen LogP contribution in [0.5, 0.6) is 0 Å². The molecule has 8 heteroatoms. The van der Waals surface area contributed by atoms with Crippen molar-refractivity contribution in [3.8, 4) is 0 Å². The standard InChI is InChI=1S/C13H18ClN3O3S/c1-2-21-7-10(15)11(18)13(20)17-16-12(19)8-4-3-5-9(14)6-8/h3-6,10-11,18H,2,7,15H2,1H3,(H,16,19)(H,17,20)/t10-,11?/m1/s1. The highest BCUT2D eigenvalue weighted by Crippen LogP contribution is 2.10. The minimum atomic E-state index is -1.39. The number of thioether (sulfide) groups is 1. The van der Waals surface area contributed by atoms with Gasteiger partial charge in [-0.2, -0.15) is 11.8 Å². The van der Waals surface area contributed by atoms with Crippen LogP contribution in [-0.2, 0) is 4.79 Å². The summed E-state index contributed by atoms with van der Waals surface area (Å²) in [6.45, 7) is 1.95. The topological polar surface area (TPSA) is 104 Å². The average molecular weight is 332 g/mol. The quantitative estimate of drug-likeness (QED) is 0.570. The monoisotopic (exact) mass is 331 g/mol. The van der Waals surface area contributed by atoms with E-state index in [-0.39, 0.29) is 0 Å². The first kappa shape index (κ1) is 17.8. The van der Waals surface area contributed by atoms with Gasteiger partial charge in [-0.15, -0.1) is 0 Å². The van der Waals surface area contributed by atoms with Crippen LogP contribution in [0.2, 0.25) is 5.02 Å². The highest BCUT2D eigenvalue weighted by Gasteiger charge is 2.23. The SMILES string of the molecule is CCSC[C@@H](N)C(O)C(=O)NNC(=O)c1cccc(Cl)c1. The Bertz CT molecular complexity index is 501. The second kappa shape index (κ2) is 8.89. The van der Waals surface area contributed by atoms with Gasteiger partial charge in [-0.05, 0) is 24.0 Å². The molecule has 5 N–H and O–H groups in total. The minimum absolute atomic E-state index is 0.295. The maximum atomic E-state index is 11.8. The van der Waals surface area contributed by atoms with Crippen LogP contribution >= 0.6 is 23.4 Å². The number of carbonyl (C=O) groups excluding carboxylic acids is 2. The number of amides is 2. The molecule has 1 aromatic carbocycles. The summed E-state index contributed by atoms with van der Waals surface area (Å²) < 4.78 is 0. The van der Waals surface area contributed by atoms with Gasteiger partial charge in [0.25, 0.3) is 11.8 Å². The van der Waals surface area contributed by atoms with E-state index >= 15 is 0 Å². The van der Waals surface area contributed by atoms with Crippen molar-refractivity contribution in [1.82, 2.24) is 10.9 Å². The molecule has 2 atom stereocenters. The lowest BCUT2D eigenvalue weighted by Crippen LogP contribution is -2.52. The van der Waals surface area contributed by atoms with Crippen molar-refractivity contribution < 1.29 is 14.7 Å². The van der Waals surface area contributed by atoms with Crippen LogP contribution in [0.4, 0.5) is 0 Å². The third kappa shape index (κ3) is 5.92. The van der Waals surface area contributed by atoms with E-state index in [1.165, 1.54) is 17.8 Å². The normalized spacial score (nSPS) is 13.3. The van der Waals surface area contributed by atoms with Gasteiger partial charge in [0.1, 0.15) is 6.10 Å². The fraction of sp³-hybridized carbons (Fsp3) is 0.385. The second-order valence-electron chi connectivity index (χ2n) is 4.22. The molecule has 2 amide bonds. The summed E-state index contributed by atoms with van der Waals surface area (Å²) in [5.74, 6) is 0.00469. The zero-order valence-electron chi connectivity index (χ0n) is 11.5. The lowest BCUT2D eigenvalue weighted by Gasteiger charge is -2.18. The fourth-order valence-corrected chi connectivity index (χ4v) is 2.31. The highest BCUT2D eigenvalue weighted by atomic mass is 35.5. The summed E-state index contributed by atoms with van der Waals surface area (Å²) in [4.78, 5) is 23.4. The first-order chi connectivity index (χ1) is 9.95. The molecule has 0 saturated heterocycles. The van der Waals surface area contributed by atoms with E-state index in [0.29, 0.717) is 16.3 Å². The van der Waals surface area contributed by atoms with Crippen LogP contribution in [0.1, 0.15) is 17.3 Å². The van der Waals surface area contributed by atoms with Crippen molar-refractivity contribution in [1.29, 1.82) is 0 Å². The smallest absolute Gasteiger partial charge is 0.269 e. The van der Waals surface area contributed by atoms with E-state index < -0.39 is 24.0 Å². The molecule has 21 heavy (non-hydrogen) atoms. The van der Waals surface area contributed by atoms with Gasteiger partial charge in [0.05, 0.1) is 0 Å². The lowest BCUT2D eigenvalue weighted by atomic mass is 10.2. The van der Waals surface area contributed by atoms with Crippen molar-refractivity contribution in [3.05, 3.63) is 34.9 Å². The van der Waals surface area contributed by atoms with Gasteiger partial charge in [-0.25, -0.2) is 0 Å². The van der Waals surface area contributed by atoms with E-state index in [4.69, 9.17) is 17.3 Å². The minimum Gasteiger partial charge on any atom is -0.382 e. The van der Waals surface area contributed by atoms with Gasteiger partial charge in [-0.3, -0.25) is 20.4 Å². The van der Waals surface area contributed by atoms with Crippen molar-refractivity contribution in [2.45, 2.75) is 19.1 Å².